The summed E-state index contributed by atoms with van der Waals surface area (Å²) in [5, 5.41) is 5.74. The van der Waals surface area contributed by atoms with Crippen LogP contribution in [0, 0.1) is 0 Å². The van der Waals surface area contributed by atoms with E-state index in [0.717, 1.165) is 26.2 Å². The third-order valence-corrected chi connectivity index (χ3v) is 5.02. The maximum absolute atomic E-state index is 3.63. The molecule has 0 saturated carbocycles. The van der Waals surface area contributed by atoms with Crippen molar-refractivity contribution in [1.29, 1.82) is 0 Å². The summed E-state index contributed by atoms with van der Waals surface area (Å²) < 4.78 is 1.24. The molecule has 98 valence electrons. The molecular formula is C13H23BrN2S. The molecule has 0 aliphatic heterocycles. The Balaban J connectivity index is 2.58. The Labute approximate surface area is 118 Å². The Bertz CT molecular complexity index is 310. The van der Waals surface area contributed by atoms with Crippen LogP contribution in [0.4, 0.5) is 0 Å². The van der Waals surface area contributed by atoms with Crippen molar-refractivity contribution >= 4 is 27.3 Å². The van der Waals surface area contributed by atoms with Crippen LogP contribution in [0.2, 0.25) is 0 Å². The van der Waals surface area contributed by atoms with Crippen molar-refractivity contribution in [3.63, 3.8) is 0 Å². The first-order chi connectivity index (χ1) is 8.22. The summed E-state index contributed by atoms with van der Waals surface area (Å²) in [6.07, 6.45) is 1.18. The molecule has 0 spiro atoms. The van der Waals surface area contributed by atoms with E-state index in [2.05, 4.69) is 58.4 Å². The fourth-order valence-corrected chi connectivity index (χ4v) is 3.74. The zero-order valence-electron chi connectivity index (χ0n) is 11.0. The van der Waals surface area contributed by atoms with Crippen LogP contribution >= 0.6 is 27.3 Å². The lowest BCUT2D eigenvalue weighted by atomic mass is 10.1. The highest BCUT2D eigenvalue weighted by Crippen LogP contribution is 2.30. The second-order valence-electron chi connectivity index (χ2n) is 4.06. The number of thiophene rings is 1. The lowest BCUT2D eigenvalue weighted by Crippen LogP contribution is -2.29. The third kappa shape index (κ3) is 4.70. The summed E-state index contributed by atoms with van der Waals surface area (Å²) in [6, 6.07) is 2.62. The van der Waals surface area contributed by atoms with Crippen LogP contribution in [0.25, 0.3) is 0 Å². The molecule has 1 unspecified atom stereocenters. The lowest BCUT2D eigenvalue weighted by molar-refractivity contribution is 0.283. The van der Waals surface area contributed by atoms with E-state index >= 15 is 0 Å². The smallest absolute Gasteiger partial charge is 0.0438 e. The zero-order chi connectivity index (χ0) is 12.7. The highest BCUT2D eigenvalue weighted by atomic mass is 79.9. The summed E-state index contributed by atoms with van der Waals surface area (Å²) >= 11 is 5.47. The summed E-state index contributed by atoms with van der Waals surface area (Å²) in [5.74, 6) is 0. The molecule has 1 aromatic rings. The summed E-state index contributed by atoms with van der Waals surface area (Å²) in [7, 11) is 0. The van der Waals surface area contributed by atoms with Crippen LogP contribution in [0.5, 0.6) is 0 Å². The number of hydrogen-bond acceptors (Lipinski definition) is 3. The van der Waals surface area contributed by atoms with Gasteiger partial charge in [0.2, 0.25) is 0 Å². The van der Waals surface area contributed by atoms with Crippen molar-refractivity contribution in [2.45, 2.75) is 33.2 Å². The largest absolute Gasteiger partial charge is 0.309 e. The van der Waals surface area contributed by atoms with Gasteiger partial charge in [0.15, 0.2) is 0 Å². The number of nitrogens with zero attached hydrogens (tertiary/aromatic N) is 1. The minimum atomic E-state index is 0.481. The average molecular weight is 319 g/mol. The third-order valence-electron chi connectivity index (χ3n) is 3.04. The number of rotatable bonds is 8. The van der Waals surface area contributed by atoms with Crippen molar-refractivity contribution in [2.75, 3.05) is 26.2 Å². The molecule has 4 heteroatoms. The molecule has 1 rings (SSSR count). The fraction of sp³-hybridized carbons (Fsp3) is 0.692. The van der Waals surface area contributed by atoms with Gasteiger partial charge in [0, 0.05) is 15.4 Å². The first-order valence-corrected chi connectivity index (χ1v) is 8.08. The molecule has 0 radical (unpaired) electrons. The van der Waals surface area contributed by atoms with Gasteiger partial charge in [-0.25, -0.2) is 0 Å². The van der Waals surface area contributed by atoms with Gasteiger partial charge in [0.1, 0.15) is 0 Å². The van der Waals surface area contributed by atoms with E-state index in [0.29, 0.717) is 6.04 Å². The highest BCUT2D eigenvalue weighted by Gasteiger charge is 2.15. The molecule has 2 nitrogen and oxygen atoms in total. The summed E-state index contributed by atoms with van der Waals surface area (Å²) in [4.78, 5) is 3.91. The van der Waals surface area contributed by atoms with E-state index in [1.165, 1.54) is 15.8 Å². The van der Waals surface area contributed by atoms with E-state index in [-0.39, 0.29) is 0 Å². The van der Waals surface area contributed by atoms with Crippen LogP contribution in [0.3, 0.4) is 0 Å². The van der Waals surface area contributed by atoms with Crippen molar-refractivity contribution in [1.82, 2.24) is 10.2 Å². The quantitative estimate of drug-likeness (QED) is 0.782. The minimum absolute atomic E-state index is 0.481. The van der Waals surface area contributed by atoms with Gasteiger partial charge in [-0.3, -0.25) is 0 Å². The summed E-state index contributed by atoms with van der Waals surface area (Å²) in [5.41, 5.74) is 0. The fourth-order valence-electron chi connectivity index (χ4n) is 1.98. The molecule has 0 bridgehead atoms. The Morgan fingerprint density at radius 3 is 2.53 bits per heavy atom. The molecule has 0 aromatic carbocycles. The molecular weight excluding hydrogens is 296 g/mol. The average Bonchev–Trinajstić information content (AvgIpc) is 2.75. The summed E-state index contributed by atoms with van der Waals surface area (Å²) in [6.45, 7) is 11.1. The lowest BCUT2D eigenvalue weighted by Gasteiger charge is -2.23. The predicted molar refractivity (Wildman–Crippen MR) is 80.8 cm³/mol. The zero-order valence-corrected chi connectivity index (χ0v) is 13.4. The van der Waals surface area contributed by atoms with E-state index in [1.54, 1.807) is 0 Å². The molecule has 17 heavy (non-hydrogen) atoms. The topological polar surface area (TPSA) is 15.3 Å². The number of hydrogen-bond donors (Lipinski definition) is 1. The minimum Gasteiger partial charge on any atom is -0.309 e. The van der Waals surface area contributed by atoms with E-state index in [9.17, 15) is 0 Å². The SMILES string of the molecule is CCNC(CCN(CC)CC)c1sccc1Br. The van der Waals surface area contributed by atoms with Crippen LogP contribution < -0.4 is 5.32 Å². The van der Waals surface area contributed by atoms with Crippen LogP contribution in [-0.2, 0) is 0 Å². The van der Waals surface area contributed by atoms with Gasteiger partial charge in [0.05, 0.1) is 0 Å². The number of nitrogens with one attached hydrogen (secondary N) is 1. The van der Waals surface area contributed by atoms with Gasteiger partial charge in [-0.2, -0.15) is 0 Å². The first kappa shape index (κ1) is 15.2. The van der Waals surface area contributed by atoms with E-state index in [1.807, 2.05) is 11.3 Å². The molecule has 1 heterocycles. The molecule has 0 amide bonds. The van der Waals surface area contributed by atoms with Gasteiger partial charge >= 0.3 is 0 Å². The Kier molecular flexibility index (Phi) is 7.35. The van der Waals surface area contributed by atoms with Crippen molar-refractivity contribution < 1.29 is 0 Å². The standard InChI is InChI=1S/C13H23BrN2S/c1-4-15-12(7-9-16(5-2)6-3)13-11(14)8-10-17-13/h8,10,12,15H,4-7,9H2,1-3H3. The van der Waals surface area contributed by atoms with Crippen molar-refractivity contribution in [3.05, 3.63) is 20.8 Å². The molecule has 1 N–H and O–H groups in total. The predicted octanol–water partition coefficient (Wildman–Crippen LogP) is 3.89. The normalized spacial score (nSPS) is 13.2. The van der Waals surface area contributed by atoms with Gasteiger partial charge in [-0.1, -0.05) is 20.8 Å². The van der Waals surface area contributed by atoms with Gasteiger partial charge in [-0.15, -0.1) is 11.3 Å². The maximum Gasteiger partial charge on any atom is 0.0438 e. The van der Waals surface area contributed by atoms with Crippen molar-refractivity contribution in [2.24, 2.45) is 0 Å². The van der Waals surface area contributed by atoms with Gasteiger partial charge in [-0.05, 0) is 60.0 Å². The van der Waals surface area contributed by atoms with Crippen LogP contribution in [0.15, 0.2) is 15.9 Å². The Morgan fingerprint density at radius 1 is 1.35 bits per heavy atom. The molecule has 1 atom stereocenters. The highest BCUT2D eigenvalue weighted by molar-refractivity contribution is 9.10. The Hall–Kier alpha value is 0.100. The second-order valence-corrected chi connectivity index (χ2v) is 5.86. The maximum atomic E-state index is 3.63. The Morgan fingerprint density at radius 2 is 2.06 bits per heavy atom. The van der Waals surface area contributed by atoms with Crippen molar-refractivity contribution in [3.8, 4) is 0 Å². The van der Waals surface area contributed by atoms with Gasteiger partial charge in [0.25, 0.3) is 0 Å². The van der Waals surface area contributed by atoms with Crippen LogP contribution in [-0.4, -0.2) is 31.1 Å². The molecule has 0 fully saturated rings. The monoisotopic (exact) mass is 318 g/mol. The molecule has 0 saturated heterocycles. The molecule has 0 aliphatic carbocycles. The second kappa shape index (κ2) is 8.25. The number of halogens is 1. The first-order valence-electron chi connectivity index (χ1n) is 6.41. The van der Waals surface area contributed by atoms with Crippen LogP contribution in [0.1, 0.15) is 38.1 Å². The molecule has 1 aromatic heterocycles. The van der Waals surface area contributed by atoms with E-state index < -0.39 is 0 Å². The van der Waals surface area contributed by atoms with Gasteiger partial charge < -0.3 is 10.2 Å². The molecule has 0 aliphatic rings. The van der Waals surface area contributed by atoms with E-state index in [4.69, 9.17) is 0 Å².